The third kappa shape index (κ3) is 4.11. The van der Waals surface area contributed by atoms with Crippen LogP contribution in [-0.2, 0) is 0 Å². The van der Waals surface area contributed by atoms with E-state index >= 15 is 0 Å². The lowest BCUT2D eigenvalue weighted by Gasteiger charge is -2.39. The highest BCUT2D eigenvalue weighted by Gasteiger charge is 2.27. The summed E-state index contributed by atoms with van der Waals surface area (Å²) in [5, 5.41) is 10.6. The number of hydrogen-bond donors (Lipinski definition) is 1. The van der Waals surface area contributed by atoms with Crippen molar-refractivity contribution in [1.29, 1.82) is 0 Å². The van der Waals surface area contributed by atoms with Gasteiger partial charge in [-0.2, -0.15) is 0 Å². The molecule has 2 aromatic carbocycles. The summed E-state index contributed by atoms with van der Waals surface area (Å²) in [5.74, 6) is 0. The molecule has 0 spiro atoms. The Morgan fingerprint density at radius 2 is 1.71 bits per heavy atom. The molecule has 0 aromatic heterocycles. The Bertz CT molecular complexity index is 672. The van der Waals surface area contributed by atoms with Gasteiger partial charge >= 0.3 is 0 Å². The minimum absolute atomic E-state index is 0.0914. The first-order valence-corrected chi connectivity index (χ1v) is 9.02. The van der Waals surface area contributed by atoms with Gasteiger partial charge in [-0.1, -0.05) is 53.5 Å². The van der Waals surface area contributed by atoms with Crippen molar-refractivity contribution >= 4 is 23.2 Å². The zero-order chi connectivity index (χ0) is 16.9. The van der Waals surface area contributed by atoms with Gasteiger partial charge in [0.1, 0.15) is 0 Å². The molecular formula is C19H22Cl2N2O. The molecule has 0 saturated carbocycles. The van der Waals surface area contributed by atoms with E-state index in [1.807, 2.05) is 36.4 Å². The van der Waals surface area contributed by atoms with E-state index in [0.717, 1.165) is 53.9 Å². The molecule has 3 rings (SSSR count). The number of halogens is 2. The molecule has 1 heterocycles. The molecule has 0 radical (unpaired) electrons. The lowest BCUT2D eigenvalue weighted by molar-refractivity contribution is 0.0945. The predicted molar refractivity (Wildman–Crippen MR) is 99.8 cm³/mol. The third-order valence-corrected chi connectivity index (χ3v) is 5.13. The van der Waals surface area contributed by atoms with E-state index < -0.39 is 0 Å². The molecule has 0 bridgehead atoms. The summed E-state index contributed by atoms with van der Waals surface area (Å²) >= 11 is 12.7. The number of nitrogens with zero attached hydrogens (tertiary/aromatic N) is 2. The molecule has 5 heteroatoms. The van der Waals surface area contributed by atoms with E-state index in [1.54, 1.807) is 0 Å². The van der Waals surface area contributed by atoms with Crippen LogP contribution in [0.2, 0.25) is 10.0 Å². The number of benzene rings is 2. The van der Waals surface area contributed by atoms with E-state index in [9.17, 15) is 0 Å². The zero-order valence-electron chi connectivity index (χ0n) is 13.5. The lowest BCUT2D eigenvalue weighted by Crippen LogP contribution is -2.48. The molecule has 0 amide bonds. The van der Waals surface area contributed by atoms with Crippen molar-refractivity contribution in [1.82, 2.24) is 9.80 Å². The van der Waals surface area contributed by atoms with Crippen LogP contribution in [0.5, 0.6) is 0 Å². The summed E-state index contributed by atoms with van der Waals surface area (Å²) in [4.78, 5) is 4.74. The standard InChI is InChI=1S/C19H22Cl2N2O/c20-16-5-3-4-15(14-16)19(17-6-1-2-7-18(17)21)23-10-8-22(9-11-23)12-13-24/h1-7,14,19,24H,8-13H2. The molecule has 1 atom stereocenters. The largest absolute Gasteiger partial charge is 0.395 e. The van der Waals surface area contributed by atoms with Crippen LogP contribution in [0.15, 0.2) is 48.5 Å². The van der Waals surface area contributed by atoms with Crippen molar-refractivity contribution in [3.05, 3.63) is 69.7 Å². The van der Waals surface area contributed by atoms with Gasteiger partial charge in [0.2, 0.25) is 0 Å². The Morgan fingerprint density at radius 1 is 0.958 bits per heavy atom. The number of β-amino-alcohol motifs (C(OH)–C–C–N with tert-alkyl or cyclic N) is 1. The summed E-state index contributed by atoms with van der Waals surface area (Å²) in [5.41, 5.74) is 2.27. The number of aliphatic hydroxyl groups excluding tert-OH is 1. The second-order valence-corrected chi connectivity index (χ2v) is 6.92. The first kappa shape index (κ1) is 17.7. The maximum Gasteiger partial charge on any atom is 0.0617 e. The molecule has 2 aromatic rings. The summed E-state index contributed by atoms with van der Waals surface area (Å²) < 4.78 is 0. The number of hydrogen-bond acceptors (Lipinski definition) is 3. The van der Waals surface area contributed by atoms with Gasteiger partial charge in [0, 0.05) is 42.8 Å². The lowest BCUT2D eigenvalue weighted by atomic mass is 9.96. The highest BCUT2D eigenvalue weighted by molar-refractivity contribution is 6.31. The van der Waals surface area contributed by atoms with E-state index in [0.29, 0.717) is 0 Å². The SMILES string of the molecule is OCCN1CCN(C(c2cccc(Cl)c2)c2ccccc2Cl)CC1. The molecule has 24 heavy (non-hydrogen) atoms. The van der Waals surface area contributed by atoms with Crippen LogP contribution < -0.4 is 0 Å². The molecule has 1 N–H and O–H groups in total. The smallest absolute Gasteiger partial charge is 0.0617 e. The molecule has 1 aliphatic heterocycles. The zero-order valence-corrected chi connectivity index (χ0v) is 15.0. The van der Waals surface area contributed by atoms with Crippen LogP contribution in [0.4, 0.5) is 0 Å². The van der Waals surface area contributed by atoms with Gasteiger partial charge in [0.25, 0.3) is 0 Å². The van der Waals surface area contributed by atoms with Crippen molar-refractivity contribution in [3.8, 4) is 0 Å². The fraction of sp³-hybridized carbons (Fsp3) is 0.368. The first-order valence-electron chi connectivity index (χ1n) is 8.26. The third-order valence-electron chi connectivity index (χ3n) is 4.55. The predicted octanol–water partition coefficient (Wildman–Crippen LogP) is 3.69. The Kier molecular flexibility index (Phi) is 6.14. The van der Waals surface area contributed by atoms with E-state index in [2.05, 4.69) is 21.9 Å². The number of rotatable bonds is 5. The van der Waals surface area contributed by atoms with E-state index in [4.69, 9.17) is 28.3 Å². The summed E-state index contributed by atoms with van der Waals surface area (Å²) in [6, 6.07) is 16.1. The second kappa shape index (κ2) is 8.32. The van der Waals surface area contributed by atoms with Gasteiger partial charge in [-0.15, -0.1) is 0 Å². The fourth-order valence-electron chi connectivity index (χ4n) is 3.35. The topological polar surface area (TPSA) is 26.7 Å². The van der Waals surface area contributed by atoms with Crippen LogP contribution >= 0.6 is 23.2 Å². The minimum Gasteiger partial charge on any atom is -0.395 e. The summed E-state index contributed by atoms with van der Waals surface area (Å²) in [6.45, 7) is 4.71. The average Bonchev–Trinajstić information content (AvgIpc) is 2.59. The highest BCUT2D eigenvalue weighted by Crippen LogP contribution is 2.34. The molecule has 0 aliphatic carbocycles. The number of piperazine rings is 1. The monoisotopic (exact) mass is 364 g/mol. The molecule has 3 nitrogen and oxygen atoms in total. The molecule has 1 aliphatic rings. The maximum atomic E-state index is 9.13. The van der Waals surface area contributed by atoms with Crippen LogP contribution in [0.3, 0.4) is 0 Å². The average molecular weight is 365 g/mol. The Balaban J connectivity index is 1.90. The van der Waals surface area contributed by atoms with Gasteiger partial charge in [0.05, 0.1) is 12.6 Å². The van der Waals surface area contributed by atoms with Crippen LogP contribution in [0.25, 0.3) is 0 Å². The van der Waals surface area contributed by atoms with Gasteiger partial charge < -0.3 is 5.11 Å². The summed E-state index contributed by atoms with van der Waals surface area (Å²) in [7, 11) is 0. The van der Waals surface area contributed by atoms with E-state index in [-0.39, 0.29) is 12.6 Å². The van der Waals surface area contributed by atoms with Crippen molar-refractivity contribution < 1.29 is 5.11 Å². The van der Waals surface area contributed by atoms with Crippen molar-refractivity contribution in [3.63, 3.8) is 0 Å². The Hall–Kier alpha value is -1.10. The number of aliphatic hydroxyl groups is 1. The first-order chi connectivity index (χ1) is 11.7. The van der Waals surface area contributed by atoms with Crippen LogP contribution in [0, 0.1) is 0 Å². The molecule has 128 valence electrons. The maximum absolute atomic E-state index is 9.13. The Labute approximate surface area is 153 Å². The van der Waals surface area contributed by atoms with Gasteiger partial charge in [0.15, 0.2) is 0 Å². The molecule has 1 fully saturated rings. The van der Waals surface area contributed by atoms with Crippen molar-refractivity contribution in [2.75, 3.05) is 39.3 Å². The second-order valence-electron chi connectivity index (χ2n) is 6.08. The van der Waals surface area contributed by atoms with Crippen LogP contribution in [-0.4, -0.2) is 54.2 Å². The van der Waals surface area contributed by atoms with Crippen LogP contribution in [0.1, 0.15) is 17.2 Å². The molecule has 1 unspecified atom stereocenters. The van der Waals surface area contributed by atoms with Gasteiger partial charge in [-0.3, -0.25) is 9.80 Å². The van der Waals surface area contributed by atoms with Gasteiger partial charge in [-0.05, 0) is 29.3 Å². The van der Waals surface area contributed by atoms with Crippen molar-refractivity contribution in [2.45, 2.75) is 6.04 Å². The molecule has 1 saturated heterocycles. The quantitative estimate of drug-likeness (QED) is 0.876. The highest BCUT2D eigenvalue weighted by atomic mass is 35.5. The summed E-state index contributed by atoms with van der Waals surface area (Å²) in [6.07, 6.45) is 0. The Morgan fingerprint density at radius 3 is 2.38 bits per heavy atom. The normalized spacial score (nSPS) is 17.8. The minimum atomic E-state index is 0.0914. The fourth-order valence-corrected chi connectivity index (χ4v) is 3.78. The molecular weight excluding hydrogens is 343 g/mol. The van der Waals surface area contributed by atoms with Crippen molar-refractivity contribution in [2.24, 2.45) is 0 Å². The van der Waals surface area contributed by atoms with E-state index in [1.165, 1.54) is 0 Å². The van der Waals surface area contributed by atoms with Gasteiger partial charge in [-0.25, -0.2) is 0 Å².